The van der Waals surface area contributed by atoms with Gasteiger partial charge in [-0.15, -0.1) is 0 Å². The average Bonchev–Trinajstić information content (AvgIpc) is 2.27. The van der Waals surface area contributed by atoms with Crippen LogP contribution in [0.3, 0.4) is 0 Å². The van der Waals surface area contributed by atoms with E-state index in [0.29, 0.717) is 17.2 Å². The monoisotopic (exact) mass is 223 g/mol. The second kappa shape index (κ2) is 4.22. The fourth-order valence-corrected chi connectivity index (χ4v) is 1.71. The molecule has 1 aromatic carbocycles. The molecule has 0 aliphatic carbocycles. The highest BCUT2D eigenvalue weighted by Crippen LogP contribution is 2.39. The minimum atomic E-state index is -0.165. The van der Waals surface area contributed by atoms with Gasteiger partial charge in [-0.3, -0.25) is 0 Å². The maximum absolute atomic E-state index is 5.97. The molecule has 0 aromatic heterocycles. The van der Waals surface area contributed by atoms with Crippen LogP contribution in [0.15, 0.2) is 18.2 Å². The van der Waals surface area contributed by atoms with Gasteiger partial charge in [0, 0.05) is 13.1 Å². The number of para-hydroxylation sites is 1. The molecule has 0 bridgehead atoms. The molecule has 1 heterocycles. The molecule has 1 fully saturated rings. The minimum absolute atomic E-state index is 0.165. The molecule has 1 aliphatic heterocycles. The summed E-state index contributed by atoms with van der Waals surface area (Å²) in [4.78, 5) is 0. The number of nitrogens with one attached hydrogen (secondary N) is 1. The van der Waals surface area contributed by atoms with Crippen LogP contribution in [0, 0.1) is 0 Å². The molecule has 4 heteroatoms. The van der Waals surface area contributed by atoms with Crippen molar-refractivity contribution in [3.8, 4) is 17.2 Å². The molecule has 0 unspecified atom stereocenters. The summed E-state index contributed by atoms with van der Waals surface area (Å²) in [5.41, 5.74) is -0.165. The Hall–Kier alpha value is -1.42. The van der Waals surface area contributed by atoms with E-state index in [1.807, 2.05) is 18.2 Å². The predicted molar refractivity (Wildman–Crippen MR) is 61.4 cm³/mol. The number of benzene rings is 1. The highest BCUT2D eigenvalue weighted by Gasteiger charge is 2.35. The van der Waals surface area contributed by atoms with Gasteiger partial charge in [0.1, 0.15) is 5.60 Å². The van der Waals surface area contributed by atoms with Crippen molar-refractivity contribution >= 4 is 0 Å². The Morgan fingerprint density at radius 2 is 1.69 bits per heavy atom. The third-order valence-electron chi connectivity index (χ3n) is 2.73. The van der Waals surface area contributed by atoms with Gasteiger partial charge in [0.25, 0.3) is 0 Å². The molecule has 2 rings (SSSR count). The van der Waals surface area contributed by atoms with Gasteiger partial charge in [-0.25, -0.2) is 0 Å². The number of ether oxygens (including phenoxy) is 3. The lowest BCUT2D eigenvalue weighted by Crippen LogP contribution is -2.61. The smallest absolute Gasteiger partial charge is 0.204 e. The van der Waals surface area contributed by atoms with E-state index >= 15 is 0 Å². The van der Waals surface area contributed by atoms with Crippen molar-refractivity contribution in [1.82, 2.24) is 5.32 Å². The lowest BCUT2D eigenvalue weighted by molar-refractivity contribution is 0.0298. The van der Waals surface area contributed by atoms with E-state index in [1.165, 1.54) is 0 Å². The second-order valence-electron chi connectivity index (χ2n) is 4.15. The van der Waals surface area contributed by atoms with E-state index in [-0.39, 0.29) is 5.60 Å². The molecule has 4 nitrogen and oxygen atoms in total. The Morgan fingerprint density at radius 1 is 1.12 bits per heavy atom. The van der Waals surface area contributed by atoms with Crippen LogP contribution in [0.2, 0.25) is 0 Å². The summed E-state index contributed by atoms with van der Waals surface area (Å²) in [5.74, 6) is 2.08. The summed E-state index contributed by atoms with van der Waals surface area (Å²) in [6.07, 6.45) is 0. The molecular weight excluding hydrogens is 206 g/mol. The second-order valence-corrected chi connectivity index (χ2v) is 4.15. The predicted octanol–water partition coefficient (Wildman–Crippen LogP) is 1.44. The molecule has 0 atom stereocenters. The quantitative estimate of drug-likeness (QED) is 0.838. The minimum Gasteiger partial charge on any atom is -0.493 e. The van der Waals surface area contributed by atoms with Crippen molar-refractivity contribution in [2.75, 3.05) is 27.3 Å². The molecule has 16 heavy (non-hydrogen) atoms. The SMILES string of the molecule is COc1cccc(OC)c1OC1(C)CNC1. The molecule has 1 saturated heterocycles. The van der Waals surface area contributed by atoms with Crippen LogP contribution in [0.1, 0.15) is 6.92 Å². The Kier molecular flexibility index (Phi) is 2.92. The van der Waals surface area contributed by atoms with Crippen LogP contribution in [0.5, 0.6) is 17.2 Å². The van der Waals surface area contributed by atoms with Crippen LogP contribution in [-0.4, -0.2) is 32.9 Å². The van der Waals surface area contributed by atoms with Gasteiger partial charge in [0.2, 0.25) is 5.75 Å². The Balaban J connectivity index is 2.29. The summed E-state index contributed by atoms with van der Waals surface area (Å²) in [6.45, 7) is 3.75. The van der Waals surface area contributed by atoms with Crippen LogP contribution in [0.25, 0.3) is 0 Å². The summed E-state index contributed by atoms with van der Waals surface area (Å²) < 4.78 is 16.5. The molecule has 88 valence electrons. The third-order valence-corrected chi connectivity index (χ3v) is 2.73. The molecule has 0 spiro atoms. The fourth-order valence-electron chi connectivity index (χ4n) is 1.71. The van der Waals surface area contributed by atoms with Gasteiger partial charge < -0.3 is 19.5 Å². The lowest BCUT2D eigenvalue weighted by Gasteiger charge is -2.39. The van der Waals surface area contributed by atoms with E-state index < -0.39 is 0 Å². The fraction of sp³-hybridized carbons (Fsp3) is 0.500. The standard InChI is InChI=1S/C12H17NO3/c1-12(7-13-8-12)16-11-9(14-2)5-4-6-10(11)15-3/h4-6,13H,7-8H2,1-3H3. The van der Waals surface area contributed by atoms with Crippen molar-refractivity contribution in [1.29, 1.82) is 0 Å². The first-order valence-electron chi connectivity index (χ1n) is 5.29. The van der Waals surface area contributed by atoms with Crippen molar-refractivity contribution in [3.05, 3.63) is 18.2 Å². The van der Waals surface area contributed by atoms with Gasteiger partial charge in [0.15, 0.2) is 11.5 Å². The molecule has 1 aliphatic rings. The zero-order chi connectivity index (χ0) is 11.6. The van der Waals surface area contributed by atoms with E-state index in [1.54, 1.807) is 14.2 Å². The number of rotatable bonds is 4. The Bertz CT molecular complexity index is 352. The van der Waals surface area contributed by atoms with Crippen molar-refractivity contribution in [2.45, 2.75) is 12.5 Å². The molecule has 0 amide bonds. The first kappa shape index (κ1) is 11.1. The van der Waals surface area contributed by atoms with Gasteiger partial charge in [-0.05, 0) is 19.1 Å². The van der Waals surface area contributed by atoms with E-state index in [4.69, 9.17) is 14.2 Å². The average molecular weight is 223 g/mol. The van der Waals surface area contributed by atoms with Gasteiger partial charge >= 0.3 is 0 Å². The molecule has 1 N–H and O–H groups in total. The van der Waals surface area contributed by atoms with E-state index in [0.717, 1.165) is 13.1 Å². The molecule has 1 aromatic rings. The molecule has 0 saturated carbocycles. The maximum Gasteiger partial charge on any atom is 0.204 e. The number of hydrogen-bond acceptors (Lipinski definition) is 4. The van der Waals surface area contributed by atoms with Crippen LogP contribution in [-0.2, 0) is 0 Å². The van der Waals surface area contributed by atoms with E-state index in [2.05, 4.69) is 12.2 Å². The van der Waals surface area contributed by atoms with Crippen LogP contribution in [0.4, 0.5) is 0 Å². The summed E-state index contributed by atoms with van der Waals surface area (Å²) in [6, 6.07) is 5.62. The van der Waals surface area contributed by atoms with Crippen molar-refractivity contribution in [2.24, 2.45) is 0 Å². The number of methoxy groups -OCH3 is 2. The molecule has 0 radical (unpaired) electrons. The topological polar surface area (TPSA) is 39.7 Å². The lowest BCUT2D eigenvalue weighted by atomic mass is 10.00. The summed E-state index contributed by atoms with van der Waals surface area (Å²) >= 11 is 0. The Labute approximate surface area is 95.5 Å². The normalized spacial score (nSPS) is 17.4. The zero-order valence-corrected chi connectivity index (χ0v) is 9.87. The zero-order valence-electron chi connectivity index (χ0n) is 9.87. The van der Waals surface area contributed by atoms with Crippen LogP contribution < -0.4 is 19.5 Å². The first-order valence-corrected chi connectivity index (χ1v) is 5.29. The van der Waals surface area contributed by atoms with E-state index in [9.17, 15) is 0 Å². The Morgan fingerprint density at radius 3 is 2.06 bits per heavy atom. The summed E-state index contributed by atoms with van der Waals surface area (Å²) in [5, 5.41) is 3.19. The van der Waals surface area contributed by atoms with Crippen LogP contribution >= 0.6 is 0 Å². The highest BCUT2D eigenvalue weighted by atomic mass is 16.6. The highest BCUT2D eigenvalue weighted by molar-refractivity contribution is 5.51. The maximum atomic E-state index is 5.97. The number of hydrogen-bond donors (Lipinski definition) is 1. The summed E-state index contributed by atoms with van der Waals surface area (Å²) in [7, 11) is 3.26. The van der Waals surface area contributed by atoms with Gasteiger partial charge in [-0.1, -0.05) is 6.07 Å². The van der Waals surface area contributed by atoms with Gasteiger partial charge in [-0.2, -0.15) is 0 Å². The van der Waals surface area contributed by atoms with Crippen molar-refractivity contribution in [3.63, 3.8) is 0 Å². The van der Waals surface area contributed by atoms with Crippen molar-refractivity contribution < 1.29 is 14.2 Å². The molecular formula is C12H17NO3. The van der Waals surface area contributed by atoms with Gasteiger partial charge in [0.05, 0.1) is 14.2 Å². The first-order chi connectivity index (χ1) is 7.68. The third kappa shape index (κ3) is 1.93. The largest absolute Gasteiger partial charge is 0.493 e.